The largest absolute Gasteiger partial charge is 0.356 e. The number of benzene rings is 1. The van der Waals surface area contributed by atoms with Crippen LogP contribution >= 0.6 is 0 Å². The summed E-state index contributed by atoms with van der Waals surface area (Å²) in [7, 11) is 0. The molecule has 5 heteroatoms. The molecule has 0 aliphatic carbocycles. The van der Waals surface area contributed by atoms with Gasteiger partial charge in [0.05, 0.1) is 12.3 Å². The summed E-state index contributed by atoms with van der Waals surface area (Å²) >= 11 is 0. The van der Waals surface area contributed by atoms with Crippen LogP contribution < -0.4 is 16.0 Å². The molecule has 1 heterocycles. The fourth-order valence-corrected chi connectivity index (χ4v) is 2.47. The van der Waals surface area contributed by atoms with E-state index in [0.29, 0.717) is 13.0 Å². The molecule has 0 spiro atoms. The Bertz CT molecular complexity index is 479. The molecule has 1 aliphatic heterocycles. The second-order valence-electron chi connectivity index (χ2n) is 5.36. The van der Waals surface area contributed by atoms with E-state index in [2.05, 4.69) is 16.0 Å². The lowest BCUT2D eigenvalue weighted by molar-refractivity contribution is -0.121. The van der Waals surface area contributed by atoms with Crippen molar-refractivity contribution in [3.63, 3.8) is 0 Å². The minimum atomic E-state index is 0.0163. The zero-order valence-corrected chi connectivity index (χ0v) is 12.4. The second kappa shape index (κ2) is 7.78. The van der Waals surface area contributed by atoms with Crippen LogP contribution in [0.5, 0.6) is 0 Å². The first-order chi connectivity index (χ1) is 10.2. The summed E-state index contributed by atoms with van der Waals surface area (Å²) in [5.74, 6) is 0.134. The van der Waals surface area contributed by atoms with Gasteiger partial charge in [0, 0.05) is 18.8 Å². The van der Waals surface area contributed by atoms with E-state index in [0.717, 1.165) is 37.2 Å². The first-order valence-electron chi connectivity index (χ1n) is 7.56. The minimum Gasteiger partial charge on any atom is -0.356 e. The Labute approximate surface area is 125 Å². The Morgan fingerprint density at radius 1 is 1.29 bits per heavy atom. The van der Waals surface area contributed by atoms with Gasteiger partial charge in [-0.3, -0.25) is 9.59 Å². The highest BCUT2D eigenvalue weighted by atomic mass is 16.2. The molecule has 0 saturated carbocycles. The summed E-state index contributed by atoms with van der Waals surface area (Å²) in [6, 6.07) is 7.46. The number of rotatable bonds is 5. The van der Waals surface area contributed by atoms with Crippen LogP contribution in [0.25, 0.3) is 0 Å². The number of hydrogen-bond donors (Lipinski definition) is 3. The highest BCUT2D eigenvalue weighted by molar-refractivity contribution is 5.92. The topological polar surface area (TPSA) is 70.2 Å². The van der Waals surface area contributed by atoms with E-state index in [4.69, 9.17) is 0 Å². The molecule has 1 aromatic rings. The first-order valence-corrected chi connectivity index (χ1v) is 7.56. The van der Waals surface area contributed by atoms with Crippen LogP contribution in [0, 0.1) is 5.92 Å². The molecule has 1 saturated heterocycles. The van der Waals surface area contributed by atoms with Gasteiger partial charge in [-0.05, 0) is 44.0 Å². The van der Waals surface area contributed by atoms with E-state index in [1.54, 1.807) is 0 Å². The van der Waals surface area contributed by atoms with Crippen LogP contribution in [0.4, 0.5) is 5.69 Å². The van der Waals surface area contributed by atoms with Crippen molar-refractivity contribution in [3.8, 4) is 0 Å². The highest BCUT2D eigenvalue weighted by Gasteiger charge is 2.20. The zero-order valence-electron chi connectivity index (χ0n) is 12.4. The molecule has 1 aromatic carbocycles. The number of hydrogen-bond acceptors (Lipinski definition) is 3. The van der Waals surface area contributed by atoms with Crippen molar-refractivity contribution in [1.29, 1.82) is 0 Å². The number of carbonyl (C=O) groups excluding carboxylic acids is 2. The molecule has 1 fully saturated rings. The molecular weight excluding hydrogens is 266 g/mol. The van der Waals surface area contributed by atoms with Gasteiger partial charge in [0.25, 0.3) is 0 Å². The maximum absolute atomic E-state index is 12.1. The molecule has 1 aliphatic rings. The quantitative estimate of drug-likeness (QED) is 0.765. The molecular formula is C16H23N3O2. The van der Waals surface area contributed by atoms with Crippen molar-refractivity contribution in [2.45, 2.75) is 26.2 Å². The van der Waals surface area contributed by atoms with E-state index < -0.39 is 0 Å². The molecule has 1 atom stereocenters. The lowest BCUT2D eigenvalue weighted by Gasteiger charge is -2.21. The average molecular weight is 289 g/mol. The predicted octanol–water partition coefficient (Wildman–Crippen LogP) is 1.30. The molecule has 5 nitrogen and oxygen atoms in total. The van der Waals surface area contributed by atoms with Gasteiger partial charge in [-0.25, -0.2) is 0 Å². The van der Waals surface area contributed by atoms with Crippen LogP contribution in [0.2, 0.25) is 0 Å². The summed E-state index contributed by atoms with van der Waals surface area (Å²) in [4.78, 5) is 23.6. The Kier molecular flexibility index (Phi) is 5.75. The summed E-state index contributed by atoms with van der Waals surface area (Å²) in [6.07, 6.45) is 2.35. The fourth-order valence-electron chi connectivity index (χ4n) is 2.47. The number of likely N-dealkylation sites (N-methyl/N-ethyl adjacent to an activating group) is 1. The van der Waals surface area contributed by atoms with Gasteiger partial charge in [0.15, 0.2) is 0 Å². The smallest absolute Gasteiger partial charge is 0.228 e. The number of carbonyl (C=O) groups is 2. The third kappa shape index (κ3) is 4.86. The van der Waals surface area contributed by atoms with Crippen molar-refractivity contribution < 1.29 is 9.59 Å². The minimum absolute atomic E-state index is 0.0163. The first kappa shape index (κ1) is 15.5. The highest BCUT2D eigenvalue weighted by Crippen LogP contribution is 2.15. The standard InChI is InChI=1S/C16H23N3O2/c1-2-18-15(20)10-12-5-7-14(8-6-12)19-16(21)13-4-3-9-17-11-13/h5-8,13,17H,2-4,9-11H2,1H3,(H,18,20)(H,19,21)/t13-/m1/s1. The molecule has 2 amide bonds. The Balaban J connectivity index is 1.86. The summed E-state index contributed by atoms with van der Waals surface area (Å²) < 4.78 is 0. The van der Waals surface area contributed by atoms with E-state index >= 15 is 0 Å². The molecule has 0 unspecified atom stereocenters. The van der Waals surface area contributed by atoms with Crippen molar-refractivity contribution in [1.82, 2.24) is 10.6 Å². The monoisotopic (exact) mass is 289 g/mol. The molecule has 2 rings (SSSR count). The van der Waals surface area contributed by atoms with Gasteiger partial charge in [0.2, 0.25) is 11.8 Å². The van der Waals surface area contributed by atoms with E-state index in [9.17, 15) is 9.59 Å². The third-order valence-corrected chi connectivity index (χ3v) is 3.63. The molecule has 0 radical (unpaired) electrons. The van der Waals surface area contributed by atoms with Crippen LogP contribution in [0.3, 0.4) is 0 Å². The van der Waals surface area contributed by atoms with Crippen molar-refractivity contribution in [2.75, 3.05) is 25.0 Å². The Morgan fingerprint density at radius 3 is 2.67 bits per heavy atom. The van der Waals surface area contributed by atoms with Crippen molar-refractivity contribution >= 4 is 17.5 Å². The van der Waals surface area contributed by atoms with Crippen LogP contribution in [-0.2, 0) is 16.0 Å². The third-order valence-electron chi connectivity index (χ3n) is 3.63. The van der Waals surface area contributed by atoms with Crippen molar-refractivity contribution in [2.24, 2.45) is 5.92 Å². The number of anilines is 1. The van der Waals surface area contributed by atoms with Gasteiger partial charge in [-0.2, -0.15) is 0 Å². The van der Waals surface area contributed by atoms with E-state index in [1.807, 2.05) is 31.2 Å². The van der Waals surface area contributed by atoms with Gasteiger partial charge in [0.1, 0.15) is 0 Å². The van der Waals surface area contributed by atoms with E-state index in [-0.39, 0.29) is 17.7 Å². The van der Waals surface area contributed by atoms with Crippen LogP contribution in [0.1, 0.15) is 25.3 Å². The Hall–Kier alpha value is -1.88. The molecule has 0 bridgehead atoms. The number of amides is 2. The fraction of sp³-hybridized carbons (Fsp3) is 0.500. The SMILES string of the molecule is CCNC(=O)Cc1ccc(NC(=O)[C@@H]2CCCNC2)cc1. The van der Waals surface area contributed by atoms with E-state index in [1.165, 1.54) is 0 Å². The second-order valence-corrected chi connectivity index (χ2v) is 5.36. The molecule has 21 heavy (non-hydrogen) atoms. The molecule has 0 aromatic heterocycles. The summed E-state index contributed by atoms with van der Waals surface area (Å²) in [5.41, 5.74) is 1.73. The summed E-state index contributed by atoms with van der Waals surface area (Å²) in [5, 5.41) is 8.94. The maximum atomic E-state index is 12.1. The van der Waals surface area contributed by atoms with Gasteiger partial charge in [-0.15, -0.1) is 0 Å². The predicted molar refractivity (Wildman–Crippen MR) is 83.1 cm³/mol. The maximum Gasteiger partial charge on any atom is 0.228 e. The van der Waals surface area contributed by atoms with Crippen LogP contribution in [-0.4, -0.2) is 31.4 Å². The molecule has 3 N–H and O–H groups in total. The Morgan fingerprint density at radius 2 is 2.05 bits per heavy atom. The lowest BCUT2D eigenvalue weighted by atomic mass is 9.99. The average Bonchev–Trinajstić information content (AvgIpc) is 2.50. The van der Waals surface area contributed by atoms with Gasteiger partial charge < -0.3 is 16.0 Å². The number of piperidine rings is 1. The summed E-state index contributed by atoms with van der Waals surface area (Å²) in [6.45, 7) is 4.29. The normalized spacial score (nSPS) is 18.0. The van der Waals surface area contributed by atoms with Gasteiger partial charge >= 0.3 is 0 Å². The van der Waals surface area contributed by atoms with Gasteiger partial charge in [-0.1, -0.05) is 12.1 Å². The van der Waals surface area contributed by atoms with Crippen molar-refractivity contribution in [3.05, 3.63) is 29.8 Å². The lowest BCUT2D eigenvalue weighted by Crippen LogP contribution is -2.37. The van der Waals surface area contributed by atoms with Crippen LogP contribution in [0.15, 0.2) is 24.3 Å². The zero-order chi connectivity index (χ0) is 15.1. The molecule has 114 valence electrons. The number of nitrogens with one attached hydrogen (secondary N) is 3.